The maximum Gasteiger partial charge on any atom is 0.226 e. The standard InChI is InChI=1S/C31H42N2O3/c1-26(2)21-9-10-30(6)22(29(21,5)17-19(33-8)24(26)35)15-20(34)23-18-16-28(4,25(32)36)12-11-27(18,3)13-14-31(23,30)7/h15,17-18,21,23H,9-14,16H2,1-7H3,(H2,32,36)/t18-,21-,23-,27+,28-,29-,30+,31+/m0/s1. The number of allylic oxidation sites excluding steroid dienone is 4. The Kier molecular flexibility index (Phi) is 5.09. The summed E-state index contributed by atoms with van der Waals surface area (Å²) in [5.41, 5.74) is 5.06. The Balaban J connectivity index is 1.68. The van der Waals surface area contributed by atoms with Crippen LogP contribution in [0, 0.1) is 56.8 Å². The molecule has 1 amide bonds. The van der Waals surface area contributed by atoms with E-state index in [4.69, 9.17) is 12.3 Å². The van der Waals surface area contributed by atoms with E-state index in [-0.39, 0.29) is 57.2 Å². The molecule has 8 atom stereocenters. The average Bonchev–Trinajstić information content (AvgIpc) is 2.79. The van der Waals surface area contributed by atoms with Crippen molar-refractivity contribution >= 4 is 17.5 Å². The van der Waals surface area contributed by atoms with Gasteiger partial charge in [0, 0.05) is 22.2 Å². The molecule has 0 aliphatic heterocycles. The van der Waals surface area contributed by atoms with Gasteiger partial charge >= 0.3 is 0 Å². The molecule has 0 aromatic carbocycles. The highest BCUT2D eigenvalue weighted by molar-refractivity contribution is 6.03. The number of nitrogens with two attached hydrogens (primary N) is 1. The molecule has 0 spiro atoms. The first-order valence-corrected chi connectivity index (χ1v) is 13.7. The third-order valence-electron chi connectivity index (χ3n) is 12.6. The van der Waals surface area contributed by atoms with Crippen molar-refractivity contribution in [2.45, 2.75) is 93.4 Å². The Labute approximate surface area is 216 Å². The highest BCUT2D eigenvalue weighted by Gasteiger charge is 2.69. The lowest BCUT2D eigenvalue weighted by Crippen LogP contribution is -2.64. The summed E-state index contributed by atoms with van der Waals surface area (Å²) in [5, 5.41) is 0. The van der Waals surface area contributed by atoms with Gasteiger partial charge in [0.05, 0.1) is 6.57 Å². The lowest BCUT2D eigenvalue weighted by molar-refractivity contribution is -0.171. The van der Waals surface area contributed by atoms with Crippen LogP contribution in [0.5, 0.6) is 0 Å². The van der Waals surface area contributed by atoms with Crippen molar-refractivity contribution in [2.75, 3.05) is 0 Å². The quantitative estimate of drug-likeness (QED) is 0.455. The van der Waals surface area contributed by atoms with Crippen LogP contribution < -0.4 is 5.73 Å². The van der Waals surface area contributed by atoms with Crippen molar-refractivity contribution in [3.8, 4) is 0 Å². The molecule has 0 aromatic rings. The fraction of sp³-hybridized carbons (Fsp3) is 0.742. The first-order valence-electron chi connectivity index (χ1n) is 13.7. The number of primary amides is 1. The highest BCUT2D eigenvalue weighted by Crippen LogP contribution is 2.74. The zero-order chi connectivity index (χ0) is 26.7. The van der Waals surface area contributed by atoms with E-state index in [2.05, 4.69) is 32.5 Å². The fourth-order valence-corrected chi connectivity index (χ4v) is 9.91. The Bertz CT molecular complexity index is 1190. The summed E-state index contributed by atoms with van der Waals surface area (Å²) in [6, 6.07) is 0. The molecular formula is C31H42N2O3. The number of carbonyl (C=O) groups excluding carboxylic acids is 3. The summed E-state index contributed by atoms with van der Waals surface area (Å²) in [6.07, 6.45) is 10.0. The Morgan fingerprint density at radius 1 is 1.00 bits per heavy atom. The van der Waals surface area contributed by atoms with Crippen LogP contribution in [0.3, 0.4) is 0 Å². The van der Waals surface area contributed by atoms with E-state index in [1.807, 2.05) is 32.9 Å². The summed E-state index contributed by atoms with van der Waals surface area (Å²) in [7, 11) is 0. The van der Waals surface area contributed by atoms with Gasteiger partial charge in [0.15, 0.2) is 11.6 Å². The normalized spacial score (nSPS) is 49.3. The van der Waals surface area contributed by atoms with Crippen molar-refractivity contribution in [2.24, 2.45) is 56.0 Å². The maximum atomic E-state index is 14.3. The van der Waals surface area contributed by atoms with Crippen LogP contribution in [0.25, 0.3) is 4.85 Å². The molecule has 3 fully saturated rings. The maximum absolute atomic E-state index is 14.3. The van der Waals surface area contributed by atoms with E-state index in [9.17, 15) is 14.4 Å². The van der Waals surface area contributed by atoms with E-state index in [1.165, 1.54) is 0 Å². The lowest BCUT2D eigenvalue weighted by atomic mass is 9.34. The number of amides is 1. The number of Topliss-reactive ketones (excluding diaryl/α,β-unsaturated/α-hetero) is 1. The summed E-state index contributed by atoms with van der Waals surface area (Å²) in [5.74, 6) is -0.125. The van der Waals surface area contributed by atoms with Crippen LogP contribution in [0.4, 0.5) is 0 Å². The second kappa shape index (κ2) is 7.21. The van der Waals surface area contributed by atoms with Crippen LogP contribution in [-0.2, 0) is 14.4 Å². The minimum atomic E-state index is -0.649. The summed E-state index contributed by atoms with van der Waals surface area (Å²) >= 11 is 0. The molecule has 5 heteroatoms. The summed E-state index contributed by atoms with van der Waals surface area (Å²) in [6.45, 7) is 22.8. The second-order valence-corrected chi connectivity index (χ2v) is 14.6. The van der Waals surface area contributed by atoms with Crippen LogP contribution >= 0.6 is 0 Å². The van der Waals surface area contributed by atoms with Crippen LogP contribution in [0.2, 0.25) is 0 Å². The third kappa shape index (κ3) is 2.85. The predicted octanol–water partition coefficient (Wildman–Crippen LogP) is 6.04. The molecule has 0 heterocycles. The Hall–Kier alpha value is -2.22. The highest BCUT2D eigenvalue weighted by atomic mass is 16.1. The summed E-state index contributed by atoms with van der Waals surface area (Å²) < 4.78 is 0. The molecule has 0 radical (unpaired) electrons. The number of hydrogen-bond acceptors (Lipinski definition) is 3. The van der Waals surface area contributed by atoms with Crippen molar-refractivity contribution in [3.05, 3.63) is 34.8 Å². The zero-order valence-corrected chi connectivity index (χ0v) is 23.1. The van der Waals surface area contributed by atoms with Gasteiger partial charge < -0.3 is 10.5 Å². The third-order valence-corrected chi connectivity index (χ3v) is 12.6. The second-order valence-electron chi connectivity index (χ2n) is 14.6. The monoisotopic (exact) mass is 490 g/mol. The Morgan fingerprint density at radius 2 is 1.64 bits per heavy atom. The van der Waals surface area contributed by atoms with Gasteiger partial charge in [-0.3, -0.25) is 9.59 Å². The van der Waals surface area contributed by atoms with Crippen molar-refractivity contribution in [3.63, 3.8) is 0 Å². The van der Waals surface area contributed by atoms with Crippen molar-refractivity contribution in [1.82, 2.24) is 0 Å². The van der Waals surface area contributed by atoms with Gasteiger partial charge in [-0.05, 0) is 79.1 Å². The van der Waals surface area contributed by atoms with Crippen LogP contribution in [-0.4, -0.2) is 17.5 Å². The van der Waals surface area contributed by atoms with Crippen LogP contribution in [0.15, 0.2) is 23.4 Å². The zero-order valence-electron chi connectivity index (χ0n) is 23.1. The van der Waals surface area contributed by atoms with E-state index >= 15 is 0 Å². The molecule has 5 aliphatic carbocycles. The van der Waals surface area contributed by atoms with Gasteiger partial charge in [0.25, 0.3) is 0 Å². The van der Waals surface area contributed by atoms with Gasteiger partial charge in [-0.1, -0.05) is 60.1 Å². The van der Waals surface area contributed by atoms with Gasteiger partial charge in [-0.25, -0.2) is 4.85 Å². The molecule has 3 saturated carbocycles. The van der Waals surface area contributed by atoms with E-state index in [1.54, 1.807) is 0 Å². The van der Waals surface area contributed by atoms with Crippen molar-refractivity contribution < 1.29 is 14.4 Å². The van der Waals surface area contributed by atoms with Crippen LogP contribution in [0.1, 0.15) is 93.4 Å². The van der Waals surface area contributed by atoms with Gasteiger partial charge in [-0.15, -0.1) is 0 Å². The first-order chi connectivity index (χ1) is 16.5. The number of ketones is 2. The number of nitrogens with zero attached hydrogens (tertiary/aromatic N) is 1. The van der Waals surface area contributed by atoms with Gasteiger partial charge in [-0.2, -0.15) is 0 Å². The molecular weight excluding hydrogens is 448 g/mol. The fourth-order valence-electron chi connectivity index (χ4n) is 9.91. The minimum Gasteiger partial charge on any atom is -0.369 e. The first kappa shape index (κ1) is 25.4. The lowest BCUT2D eigenvalue weighted by Gasteiger charge is -2.69. The number of fused-ring (bicyclic) bond motifs is 7. The van der Waals surface area contributed by atoms with Gasteiger partial charge in [0.2, 0.25) is 11.6 Å². The number of rotatable bonds is 1. The molecule has 5 nitrogen and oxygen atoms in total. The number of carbonyl (C=O) groups is 3. The molecule has 0 bridgehead atoms. The predicted molar refractivity (Wildman–Crippen MR) is 139 cm³/mol. The van der Waals surface area contributed by atoms with E-state index in [0.717, 1.165) is 44.1 Å². The van der Waals surface area contributed by atoms with E-state index in [0.29, 0.717) is 6.42 Å². The molecule has 194 valence electrons. The van der Waals surface area contributed by atoms with E-state index < -0.39 is 16.2 Å². The topological polar surface area (TPSA) is 81.6 Å². The molecule has 36 heavy (non-hydrogen) atoms. The Morgan fingerprint density at radius 3 is 2.25 bits per heavy atom. The SMILES string of the molecule is [C-]#[N+]C1=C[C@]2(C)C3=CC(=O)[C@@H]4[C@@H]5C[C@@](C)(C(N)=O)CC[C@]5(C)CC[C@@]4(C)[C@]3(C)CC[C@H]2C(C)(C)C1=O. The molecule has 2 N–H and O–H groups in total. The largest absolute Gasteiger partial charge is 0.369 e. The summed E-state index contributed by atoms with van der Waals surface area (Å²) in [4.78, 5) is 43.6. The van der Waals surface area contributed by atoms with Gasteiger partial charge in [0.1, 0.15) is 0 Å². The molecule has 0 saturated heterocycles. The minimum absolute atomic E-state index is 0.0357. The molecule has 0 unspecified atom stereocenters. The smallest absolute Gasteiger partial charge is 0.226 e. The molecule has 5 rings (SSSR count). The average molecular weight is 491 g/mol. The van der Waals surface area contributed by atoms with Crippen molar-refractivity contribution in [1.29, 1.82) is 0 Å². The molecule has 0 aromatic heterocycles. The number of hydrogen-bond donors (Lipinski definition) is 1. The molecule has 5 aliphatic rings.